The van der Waals surface area contributed by atoms with E-state index < -0.39 is 0 Å². The number of rotatable bonds is 6. The van der Waals surface area contributed by atoms with Crippen LogP contribution in [0.2, 0.25) is 0 Å². The smallest absolute Gasteiger partial charge is 0.262 e. The van der Waals surface area contributed by atoms with E-state index in [1.165, 1.54) is 7.11 Å². The molecule has 4 heterocycles. The van der Waals surface area contributed by atoms with Gasteiger partial charge in [0.15, 0.2) is 5.75 Å². The summed E-state index contributed by atoms with van der Waals surface area (Å²) in [5.41, 5.74) is 9.82. The molecule has 0 aromatic carbocycles. The van der Waals surface area contributed by atoms with Crippen LogP contribution in [0.1, 0.15) is 16.1 Å². The fourth-order valence-electron chi connectivity index (χ4n) is 3.46. The summed E-state index contributed by atoms with van der Waals surface area (Å²) in [6.07, 6.45) is 5.05. The molecule has 10 heteroatoms. The zero-order valence-corrected chi connectivity index (χ0v) is 17.3. The molecule has 2 N–H and O–H groups in total. The molecule has 1 aliphatic heterocycles. The highest BCUT2D eigenvalue weighted by Gasteiger charge is 2.34. The molecule has 0 aliphatic carbocycles. The van der Waals surface area contributed by atoms with Gasteiger partial charge in [-0.1, -0.05) is 0 Å². The fourth-order valence-corrected chi connectivity index (χ4v) is 3.46. The number of pyridine rings is 2. The minimum atomic E-state index is -0.116. The van der Waals surface area contributed by atoms with Gasteiger partial charge in [0.2, 0.25) is 0 Å². The summed E-state index contributed by atoms with van der Waals surface area (Å²) in [6.45, 7) is 0.590. The molecule has 3 aromatic heterocycles. The van der Waals surface area contributed by atoms with Gasteiger partial charge in [-0.3, -0.25) is 14.4 Å². The number of aromatic nitrogens is 4. The van der Waals surface area contributed by atoms with Gasteiger partial charge in [0, 0.05) is 25.9 Å². The van der Waals surface area contributed by atoms with Crippen molar-refractivity contribution < 1.29 is 14.3 Å². The Morgan fingerprint density at radius 2 is 2.00 bits per heavy atom. The highest BCUT2D eigenvalue weighted by molar-refractivity contribution is 6.13. The minimum Gasteiger partial charge on any atom is -0.491 e. The highest BCUT2D eigenvalue weighted by Crippen LogP contribution is 2.37. The van der Waals surface area contributed by atoms with Crippen molar-refractivity contribution in [1.82, 2.24) is 19.7 Å². The maximum atomic E-state index is 13.2. The van der Waals surface area contributed by atoms with E-state index in [-0.39, 0.29) is 12.6 Å². The van der Waals surface area contributed by atoms with Crippen LogP contribution in [0.4, 0.5) is 11.4 Å². The third kappa shape index (κ3) is 3.20. The number of carbonyl (C=O) groups is 1. The number of fused-ring (bicyclic) bond motifs is 1. The topological polar surface area (TPSA) is 112 Å². The van der Waals surface area contributed by atoms with E-state index in [0.29, 0.717) is 40.8 Å². The predicted octanol–water partition coefficient (Wildman–Crippen LogP) is 1.50. The van der Waals surface area contributed by atoms with Crippen molar-refractivity contribution in [3.63, 3.8) is 0 Å². The van der Waals surface area contributed by atoms with Gasteiger partial charge in [-0.25, -0.2) is 9.97 Å². The molecule has 0 spiro atoms. The minimum absolute atomic E-state index is 0.116. The Kier molecular flexibility index (Phi) is 5.00. The van der Waals surface area contributed by atoms with Crippen LogP contribution in [-0.2, 0) is 13.2 Å². The molecule has 10 nitrogen and oxygen atoms in total. The maximum Gasteiger partial charge on any atom is 0.262 e. The third-order valence-corrected chi connectivity index (χ3v) is 4.97. The number of carbonyl (C=O) groups excluding carboxylic acids is 1. The van der Waals surface area contributed by atoms with Gasteiger partial charge in [-0.05, 0) is 12.1 Å². The van der Waals surface area contributed by atoms with Crippen LogP contribution in [0.25, 0.3) is 11.3 Å². The second-order valence-electron chi connectivity index (χ2n) is 6.99. The summed E-state index contributed by atoms with van der Waals surface area (Å²) in [5.74, 6) is 0.791. The molecule has 0 saturated carbocycles. The lowest BCUT2D eigenvalue weighted by molar-refractivity contribution is 0.0997. The Balaban J connectivity index is 1.79. The van der Waals surface area contributed by atoms with Crippen LogP contribution in [-0.4, -0.2) is 54.0 Å². The molecule has 1 amide bonds. The molecule has 0 unspecified atom stereocenters. The van der Waals surface area contributed by atoms with Crippen molar-refractivity contribution in [2.75, 3.05) is 38.1 Å². The Hall–Kier alpha value is -3.66. The van der Waals surface area contributed by atoms with Crippen LogP contribution >= 0.6 is 0 Å². The van der Waals surface area contributed by atoms with Crippen molar-refractivity contribution in [1.29, 1.82) is 0 Å². The first-order valence-electron chi connectivity index (χ1n) is 9.30. The van der Waals surface area contributed by atoms with Gasteiger partial charge in [-0.2, -0.15) is 5.10 Å². The van der Waals surface area contributed by atoms with Crippen molar-refractivity contribution in [2.24, 2.45) is 5.73 Å². The number of amides is 1. The number of anilines is 2. The van der Waals surface area contributed by atoms with Gasteiger partial charge in [0.25, 0.3) is 11.8 Å². The standard InChI is InChI=1S/C20H23N7O3/c1-25(2)16-6-14(12-5-17(29-3)19(30-4)22-7-12)24-15-10-27(20(28)18(15)16)13-8-23-26(9-13)11-21/h5-9H,10-11,21H2,1-4H3. The molecule has 3 aromatic rings. The van der Waals surface area contributed by atoms with Gasteiger partial charge in [-0.15, -0.1) is 0 Å². The summed E-state index contributed by atoms with van der Waals surface area (Å²) in [6, 6.07) is 3.70. The Labute approximate surface area is 173 Å². The number of methoxy groups -OCH3 is 2. The fraction of sp³-hybridized carbons (Fsp3) is 0.300. The van der Waals surface area contributed by atoms with Gasteiger partial charge in [0.1, 0.15) is 0 Å². The lowest BCUT2D eigenvalue weighted by atomic mass is 10.1. The molecular formula is C20H23N7O3. The van der Waals surface area contributed by atoms with Gasteiger partial charge in [0.05, 0.1) is 68.2 Å². The largest absolute Gasteiger partial charge is 0.491 e. The third-order valence-electron chi connectivity index (χ3n) is 4.97. The number of hydrogen-bond donors (Lipinski definition) is 1. The van der Waals surface area contributed by atoms with E-state index in [1.807, 2.05) is 31.1 Å². The summed E-state index contributed by atoms with van der Waals surface area (Å²) in [7, 11) is 6.89. The first-order chi connectivity index (χ1) is 14.5. The number of nitrogens with zero attached hydrogens (tertiary/aromatic N) is 6. The van der Waals surface area contributed by atoms with Gasteiger partial charge < -0.3 is 20.1 Å². The maximum absolute atomic E-state index is 13.2. The predicted molar refractivity (Wildman–Crippen MR) is 112 cm³/mol. The lowest BCUT2D eigenvalue weighted by Gasteiger charge is -2.18. The molecule has 1 aliphatic rings. The van der Waals surface area contributed by atoms with Crippen molar-refractivity contribution in [3.05, 3.63) is 42.0 Å². The highest BCUT2D eigenvalue weighted by atomic mass is 16.5. The Bertz CT molecular complexity index is 1110. The monoisotopic (exact) mass is 409 g/mol. The number of hydrogen-bond acceptors (Lipinski definition) is 8. The van der Waals surface area contributed by atoms with E-state index in [2.05, 4.69) is 10.1 Å². The van der Waals surface area contributed by atoms with E-state index in [4.69, 9.17) is 20.2 Å². The molecule has 0 radical (unpaired) electrons. The summed E-state index contributed by atoms with van der Waals surface area (Å²) >= 11 is 0. The SMILES string of the molecule is COc1cc(-c2cc(N(C)C)c3c(n2)CN(c2cnn(CN)c2)C3=O)cnc1OC. The molecule has 4 rings (SSSR count). The molecule has 0 fully saturated rings. The zero-order chi connectivity index (χ0) is 21.4. The van der Waals surface area contributed by atoms with Crippen LogP contribution in [0, 0.1) is 0 Å². The van der Waals surface area contributed by atoms with E-state index in [0.717, 1.165) is 11.3 Å². The quantitative estimate of drug-likeness (QED) is 0.652. The molecule has 0 saturated heterocycles. The number of ether oxygens (including phenoxy) is 2. The van der Waals surface area contributed by atoms with Crippen molar-refractivity contribution in [2.45, 2.75) is 13.2 Å². The zero-order valence-electron chi connectivity index (χ0n) is 17.3. The van der Waals surface area contributed by atoms with Crippen LogP contribution in [0.3, 0.4) is 0 Å². The molecule has 0 bridgehead atoms. The van der Waals surface area contributed by atoms with E-state index in [9.17, 15) is 4.79 Å². The van der Waals surface area contributed by atoms with E-state index >= 15 is 0 Å². The average molecular weight is 409 g/mol. The first-order valence-corrected chi connectivity index (χ1v) is 9.30. The summed E-state index contributed by atoms with van der Waals surface area (Å²) in [4.78, 5) is 25.8. The Morgan fingerprint density at radius 3 is 2.63 bits per heavy atom. The average Bonchev–Trinajstić information content (AvgIpc) is 3.36. The summed E-state index contributed by atoms with van der Waals surface area (Å²) in [5, 5.41) is 4.17. The second-order valence-corrected chi connectivity index (χ2v) is 6.99. The van der Waals surface area contributed by atoms with E-state index in [1.54, 1.807) is 35.3 Å². The van der Waals surface area contributed by atoms with Crippen LogP contribution < -0.4 is 25.0 Å². The lowest BCUT2D eigenvalue weighted by Crippen LogP contribution is -2.24. The van der Waals surface area contributed by atoms with Gasteiger partial charge >= 0.3 is 0 Å². The normalized spacial score (nSPS) is 12.8. The Morgan fingerprint density at radius 1 is 1.20 bits per heavy atom. The molecule has 30 heavy (non-hydrogen) atoms. The number of nitrogens with two attached hydrogens (primary N) is 1. The second kappa shape index (κ2) is 7.64. The summed E-state index contributed by atoms with van der Waals surface area (Å²) < 4.78 is 12.2. The van der Waals surface area contributed by atoms with Crippen LogP contribution in [0.5, 0.6) is 11.6 Å². The van der Waals surface area contributed by atoms with Crippen molar-refractivity contribution in [3.8, 4) is 22.9 Å². The molecular weight excluding hydrogens is 386 g/mol. The van der Waals surface area contributed by atoms with Crippen LogP contribution in [0.15, 0.2) is 30.7 Å². The molecule has 0 atom stereocenters. The first kappa shape index (κ1) is 19.6. The van der Waals surface area contributed by atoms with Crippen molar-refractivity contribution >= 4 is 17.3 Å². The molecule has 156 valence electrons.